The van der Waals surface area contributed by atoms with Gasteiger partial charge in [-0.1, -0.05) is 0 Å². The summed E-state index contributed by atoms with van der Waals surface area (Å²) >= 11 is 0. The summed E-state index contributed by atoms with van der Waals surface area (Å²) in [4.78, 5) is 20.2. The van der Waals surface area contributed by atoms with E-state index in [-0.39, 0.29) is 16.3 Å². The number of amides is 1. The van der Waals surface area contributed by atoms with Crippen LogP contribution in [-0.4, -0.2) is 101 Å². The second kappa shape index (κ2) is 9.44. The van der Waals surface area contributed by atoms with Crippen LogP contribution in [0.25, 0.3) is 0 Å². The molecule has 3 rings (SSSR count). The van der Waals surface area contributed by atoms with Crippen molar-refractivity contribution in [2.24, 2.45) is 0 Å². The summed E-state index contributed by atoms with van der Waals surface area (Å²) in [7, 11) is -0.630. The van der Waals surface area contributed by atoms with Gasteiger partial charge in [0.2, 0.25) is 10.0 Å². The van der Waals surface area contributed by atoms with E-state index in [4.69, 9.17) is 4.74 Å². The normalized spacial score (nSPS) is 19.5. The maximum atomic E-state index is 13.7. The summed E-state index contributed by atoms with van der Waals surface area (Å²) in [5.74, 6) is -0.104. The van der Waals surface area contributed by atoms with E-state index < -0.39 is 10.0 Å². The van der Waals surface area contributed by atoms with Gasteiger partial charge in [-0.15, -0.1) is 0 Å². The number of anilines is 1. The van der Waals surface area contributed by atoms with Crippen LogP contribution in [0.3, 0.4) is 0 Å². The molecule has 2 heterocycles. The van der Waals surface area contributed by atoms with Gasteiger partial charge in [0.1, 0.15) is 0 Å². The van der Waals surface area contributed by atoms with Crippen LogP contribution in [0.1, 0.15) is 37.6 Å². The molecule has 0 N–H and O–H groups in total. The van der Waals surface area contributed by atoms with Crippen LogP contribution in [0.15, 0.2) is 23.1 Å². The SMILES string of the molecule is CN(C)S(=O)(=O)c1ccc(N2CCOCC2)c(C(=O)N2CCCN(C(C)(C)C)CC2)c1. The predicted molar refractivity (Wildman–Crippen MR) is 122 cm³/mol. The first-order valence-electron chi connectivity index (χ1n) is 11.0. The molecule has 1 aromatic rings. The smallest absolute Gasteiger partial charge is 0.256 e. The summed E-state index contributed by atoms with van der Waals surface area (Å²) in [6.45, 7) is 12.2. The number of sulfonamides is 1. The molecule has 0 atom stereocenters. The van der Waals surface area contributed by atoms with E-state index in [0.29, 0.717) is 45.0 Å². The zero-order chi connectivity index (χ0) is 22.8. The standard InChI is InChI=1S/C22H36N4O4S/c1-22(2,3)26-10-6-9-25(11-12-26)21(27)19-17-18(31(28,29)23(4)5)7-8-20(19)24-13-15-30-16-14-24/h7-8,17H,6,9-16H2,1-5H3. The Hall–Kier alpha value is -1.68. The van der Waals surface area contributed by atoms with E-state index in [0.717, 1.165) is 25.2 Å². The highest BCUT2D eigenvalue weighted by molar-refractivity contribution is 7.89. The summed E-state index contributed by atoms with van der Waals surface area (Å²) in [6, 6.07) is 4.92. The van der Waals surface area contributed by atoms with Gasteiger partial charge in [-0.3, -0.25) is 9.69 Å². The summed E-state index contributed by atoms with van der Waals surface area (Å²) in [5, 5.41) is 0. The monoisotopic (exact) mass is 452 g/mol. The molecule has 0 spiro atoms. The lowest BCUT2D eigenvalue weighted by molar-refractivity contribution is 0.0748. The first kappa shape index (κ1) is 24.0. The third-order valence-corrected chi connectivity index (χ3v) is 7.87. The number of morpholine rings is 1. The first-order chi connectivity index (χ1) is 14.5. The highest BCUT2D eigenvalue weighted by Gasteiger charge is 2.29. The number of ether oxygens (including phenoxy) is 1. The number of nitrogens with zero attached hydrogens (tertiary/aromatic N) is 4. The van der Waals surface area contributed by atoms with E-state index >= 15 is 0 Å². The van der Waals surface area contributed by atoms with Crippen LogP contribution >= 0.6 is 0 Å². The lowest BCUT2D eigenvalue weighted by Gasteiger charge is -2.34. The second-order valence-corrected chi connectivity index (χ2v) is 11.5. The van der Waals surface area contributed by atoms with E-state index in [9.17, 15) is 13.2 Å². The maximum absolute atomic E-state index is 13.7. The average molecular weight is 453 g/mol. The van der Waals surface area contributed by atoms with Crippen LogP contribution in [0.4, 0.5) is 5.69 Å². The Morgan fingerprint density at radius 1 is 1.00 bits per heavy atom. The number of benzene rings is 1. The Balaban J connectivity index is 1.95. The molecule has 31 heavy (non-hydrogen) atoms. The molecular formula is C22H36N4O4S. The van der Waals surface area contributed by atoms with Gasteiger partial charge in [-0.05, 0) is 45.4 Å². The van der Waals surface area contributed by atoms with E-state index in [1.807, 2.05) is 4.90 Å². The van der Waals surface area contributed by atoms with Crippen molar-refractivity contribution in [2.75, 3.05) is 71.5 Å². The van der Waals surface area contributed by atoms with E-state index in [1.54, 1.807) is 18.2 Å². The Morgan fingerprint density at radius 2 is 1.68 bits per heavy atom. The molecule has 0 aromatic heterocycles. The highest BCUT2D eigenvalue weighted by atomic mass is 32.2. The minimum Gasteiger partial charge on any atom is -0.378 e. The maximum Gasteiger partial charge on any atom is 0.256 e. The number of rotatable bonds is 4. The number of hydrogen-bond donors (Lipinski definition) is 0. The fourth-order valence-corrected chi connectivity index (χ4v) is 5.03. The zero-order valence-electron chi connectivity index (χ0n) is 19.4. The van der Waals surface area contributed by atoms with Crippen LogP contribution in [0.5, 0.6) is 0 Å². The molecule has 9 heteroatoms. The number of carbonyl (C=O) groups excluding carboxylic acids is 1. The van der Waals surface area contributed by atoms with Gasteiger partial charge in [0.05, 0.1) is 23.7 Å². The van der Waals surface area contributed by atoms with Crippen molar-refractivity contribution in [2.45, 2.75) is 37.6 Å². The summed E-state index contributed by atoms with van der Waals surface area (Å²) in [5.41, 5.74) is 1.29. The quantitative estimate of drug-likeness (QED) is 0.693. The van der Waals surface area contributed by atoms with Gasteiger partial charge in [0, 0.05) is 64.6 Å². The molecule has 0 saturated carbocycles. The molecule has 0 radical (unpaired) electrons. The molecule has 0 unspecified atom stereocenters. The molecule has 1 amide bonds. The van der Waals surface area contributed by atoms with Crippen molar-refractivity contribution in [3.8, 4) is 0 Å². The molecule has 2 saturated heterocycles. The third kappa shape index (κ3) is 5.39. The predicted octanol–water partition coefficient (Wildman–Crippen LogP) is 1.72. The largest absolute Gasteiger partial charge is 0.378 e. The minimum absolute atomic E-state index is 0.0533. The molecule has 2 fully saturated rings. The number of hydrogen-bond acceptors (Lipinski definition) is 6. The molecule has 2 aliphatic heterocycles. The van der Waals surface area contributed by atoms with Gasteiger partial charge in [0.25, 0.3) is 5.91 Å². The lowest BCUT2D eigenvalue weighted by atomic mass is 10.1. The molecular weight excluding hydrogens is 416 g/mol. The van der Waals surface area contributed by atoms with Crippen LogP contribution in [-0.2, 0) is 14.8 Å². The van der Waals surface area contributed by atoms with Gasteiger partial charge < -0.3 is 14.5 Å². The first-order valence-corrected chi connectivity index (χ1v) is 12.4. The van der Waals surface area contributed by atoms with Crippen molar-refractivity contribution in [1.82, 2.24) is 14.1 Å². The van der Waals surface area contributed by atoms with E-state index in [2.05, 4.69) is 30.6 Å². The van der Waals surface area contributed by atoms with Crippen LogP contribution in [0.2, 0.25) is 0 Å². The second-order valence-electron chi connectivity index (χ2n) is 9.37. The fraction of sp³-hybridized carbons (Fsp3) is 0.682. The summed E-state index contributed by atoms with van der Waals surface area (Å²) < 4.78 is 32.1. The number of carbonyl (C=O) groups is 1. The van der Waals surface area contributed by atoms with Crippen molar-refractivity contribution in [3.05, 3.63) is 23.8 Å². The molecule has 2 aliphatic rings. The molecule has 1 aromatic carbocycles. The lowest BCUT2D eigenvalue weighted by Crippen LogP contribution is -2.44. The van der Waals surface area contributed by atoms with Gasteiger partial charge in [-0.2, -0.15) is 0 Å². The topological polar surface area (TPSA) is 73.4 Å². The molecule has 8 nitrogen and oxygen atoms in total. The van der Waals surface area contributed by atoms with Gasteiger partial charge >= 0.3 is 0 Å². The molecule has 0 bridgehead atoms. The Bertz CT molecular complexity index is 889. The molecule has 0 aliphatic carbocycles. The van der Waals surface area contributed by atoms with Crippen LogP contribution < -0.4 is 4.90 Å². The Morgan fingerprint density at radius 3 is 2.29 bits per heavy atom. The Kier molecular flexibility index (Phi) is 7.30. The van der Waals surface area contributed by atoms with Crippen molar-refractivity contribution >= 4 is 21.6 Å². The van der Waals surface area contributed by atoms with Crippen molar-refractivity contribution in [3.63, 3.8) is 0 Å². The average Bonchev–Trinajstić information content (AvgIpc) is 3.00. The van der Waals surface area contributed by atoms with Gasteiger partial charge in [-0.25, -0.2) is 12.7 Å². The highest BCUT2D eigenvalue weighted by Crippen LogP contribution is 2.28. The molecule has 174 valence electrons. The van der Waals surface area contributed by atoms with Crippen LogP contribution in [0, 0.1) is 0 Å². The minimum atomic E-state index is -3.64. The van der Waals surface area contributed by atoms with Gasteiger partial charge in [0.15, 0.2) is 0 Å². The third-order valence-electron chi connectivity index (χ3n) is 6.06. The Labute approximate surface area is 186 Å². The van der Waals surface area contributed by atoms with Crippen molar-refractivity contribution in [1.29, 1.82) is 0 Å². The van der Waals surface area contributed by atoms with Crippen molar-refractivity contribution < 1.29 is 17.9 Å². The zero-order valence-corrected chi connectivity index (χ0v) is 20.2. The van der Waals surface area contributed by atoms with E-state index in [1.165, 1.54) is 18.4 Å². The fourth-order valence-electron chi connectivity index (χ4n) is 4.10. The summed E-state index contributed by atoms with van der Waals surface area (Å²) in [6.07, 6.45) is 0.894.